The van der Waals surface area contributed by atoms with E-state index < -0.39 is 17.3 Å². The Kier molecular flexibility index (Phi) is 5.63. The SMILES string of the molecule is CC(C)CNC(=O)[C@@H]1c2ccccc2C(=O)N(c2ccccc2F)C12CCCCC2. The maximum absolute atomic E-state index is 14.9. The molecule has 1 heterocycles. The highest BCUT2D eigenvalue weighted by Gasteiger charge is 2.55. The van der Waals surface area contributed by atoms with Crippen LogP contribution in [0.25, 0.3) is 0 Å². The van der Waals surface area contributed by atoms with E-state index in [4.69, 9.17) is 0 Å². The van der Waals surface area contributed by atoms with Crippen LogP contribution in [0.4, 0.5) is 10.1 Å². The zero-order chi connectivity index (χ0) is 21.3. The van der Waals surface area contributed by atoms with Crippen LogP contribution in [0.1, 0.15) is 67.8 Å². The fourth-order valence-electron chi connectivity index (χ4n) is 5.14. The third-order valence-electron chi connectivity index (χ3n) is 6.45. The van der Waals surface area contributed by atoms with Gasteiger partial charge in [-0.2, -0.15) is 0 Å². The van der Waals surface area contributed by atoms with Crippen LogP contribution in [0.5, 0.6) is 0 Å². The van der Waals surface area contributed by atoms with E-state index in [-0.39, 0.29) is 17.5 Å². The number of nitrogens with zero attached hydrogens (tertiary/aromatic N) is 1. The molecule has 0 bridgehead atoms. The van der Waals surface area contributed by atoms with Gasteiger partial charge in [-0.1, -0.05) is 63.4 Å². The Bertz CT molecular complexity index is 950. The number of benzene rings is 2. The first kappa shape index (κ1) is 20.6. The number of hydrogen-bond donors (Lipinski definition) is 1. The molecule has 4 nitrogen and oxygen atoms in total. The molecule has 158 valence electrons. The average Bonchev–Trinajstić information content (AvgIpc) is 2.74. The minimum atomic E-state index is -0.757. The first-order valence-electron chi connectivity index (χ1n) is 10.9. The summed E-state index contributed by atoms with van der Waals surface area (Å²) in [6, 6.07) is 13.7. The van der Waals surface area contributed by atoms with Crippen LogP contribution in [0.2, 0.25) is 0 Å². The van der Waals surface area contributed by atoms with Crippen LogP contribution < -0.4 is 10.2 Å². The fourth-order valence-corrected chi connectivity index (χ4v) is 5.14. The monoisotopic (exact) mass is 408 g/mol. The lowest BCUT2D eigenvalue weighted by Gasteiger charge is -2.53. The van der Waals surface area contributed by atoms with Gasteiger partial charge in [0.1, 0.15) is 5.82 Å². The van der Waals surface area contributed by atoms with Crippen LogP contribution in [0.15, 0.2) is 48.5 Å². The van der Waals surface area contributed by atoms with E-state index in [0.29, 0.717) is 30.9 Å². The number of nitrogens with one attached hydrogen (secondary N) is 1. The molecule has 1 aliphatic heterocycles. The molecular formula is C25H29FN2O2. The number of para-hydroxylation sites is 1. The number of carbonyl (C=O) groups excluding carboxylic acids is 2. The van der Waals surface area contributed by atoms with Crippen molar-refractivity contribution < 1.29 is 14.0 Å². The molecule has 1 atom stereocenters. The summed E-state index contributed by atoms with van der Waals surface area (Å²) >= 11 is 0. The third kappa shape index (κ3) is 3.40. The topological polar surface area (TPSA) is 49.4 Å². The summed E-state index contributed by atoms with van der Waals surface area (Å²) < 4.78 is 14.9. The van der Waals surface area contributed by atoms with Crippen molar-refractivity contribution in [2.45, 2.75) is 57.4 Å². The number of fused-ring (bicyclic) bond motifs is 1. The molecule has 1 fully saturated rings. The zero-order valence-electron chi connectivity index (χ0n) is 17.7. The maximum Gasteiger partial charge on any atom is 0.259 e. The maximum atomic E-state index is 14.9. The van der Waals surface area contributed by atoms with E-state index in [1.807, 2.05) is 12.1 Å². The molecule has 0 saturated heterocycles. The number of hydrogen-bond acceptors (Lipinski definition) is 2. The van der Waals surface area contributed by atoms with Crippen LogP contribution >= 0.6 is 0 Å². The van der Waals surface area contributed by atoms with Gasteiger partial charge in [-0.25, -0.2) is 4.39 Å². The van der Waals surface area contributed by atoms with Gasteiger partial charge in [-0.3, -0.25) is 14.5 Å². The molecule has 2 aromatic rings. The molecule has 1 spiro atoms. The Morgan fingerprint density at radius 3 is 2.47 bits per heavy atom. The highest BCUT2D eigenvalue weighted by molar-refractivity contribution is 6.12. The van der Waals surface area contributed by atoms with Gasteiger partial charge in [0.2, 0.25) is 5.91 Å². The predicted molar refractivity (Wildman–Crippen MR) is 116 cm³/mol. The van der Waals surface area contributed by atoms with Crippen molar-refractivity contribution >= 4 is 17.5 Å². The molecular weight excluding hydrogens is 379 g/mol. The van der Waals surface area contributed by atoms with Crippen molar-refractivity contribution in [2.24, 2.45) is 5.92 Å². The Morgan fingerprint density at radius 2 is 1.77 bits per heavy atom. The first-order valence-corrected chi connectivity index (χ1v) is 10.9. The lowest BCUT2D eigenvalue weighted by Crippen LogP contribution is -2.63. The van der Waals surface area contributed by atoms with Crippen molar-refractivity contribution in [1.29, 1.82) is 0 Å². The average molecular weight is 409 g/mol. The summed E-state index contributed by atoms with van der Waals surface area (Å²) in [4.78, 5) is 28.9. The molecule has 1 saturated carbocycles. The normalized spacial score (nSPS) is 20.3. The van der Waals surface area contributed by atoms with E-state index in [2.05, 4.69) is 19.2 Å². The number of carbonyl (C=O) groups is 2. The molecule has 0 aromatic heterocycles. The smallest absolute Gasteiger partial charge is 0.259 e. The molecule has 5 heteroatoms. The van der Waals surface area contributed by atoms with Crippen molar-refractivity contribution in [3.63, 3.8) is 0 Å². The van der Waals surface area contributed by atoms with Gasteiger partial charge in [0, 0.05) is 12.1 Å². The molecule has 2 aliphatic rings. The standard InChI is InChI=1S/C25H29FN2O2/c1-17(2)16-27-23(29)22-18-10-4-5-11-19(18)24(30)28(21-13-7-6-12-20(21)26)25(22)14-8-3-9-15-25/h4-7,10-13,17,22H,3,8-9,14-16H2,1-2H3,(H,27,29)/t22-/m0/s1. The van der Waals surface area contributed by atoms with E-state index in [1.165, 1.54) is 6.07 Å². The fraction of sp³-hybridized carbons (Fsp3) is 0.440. The van der Waals surface area contributed by atoms with Crippen molar-refractivity contribution in [3.05, 3.63) is 65.5 Å². The lowest BCUT2D eigenvalue weighted by atomic mass is 9.65. The van der Waals surface area contributed by atoms with Crippen molar-refractivity contribution in [2.75, 3.05) is 11.4 Å². The zero-order valence-corrected chi connectivity index (χ0v) is 17.7. The van der Waals surface area contributed by atoms with Crippen molar-refractivity contribution in [3.8, 4) is 0 Å². The second kappa shape index (κ2) is 8.21. The van der Waals surface area contributed by atoms with E-state index in [0.717, 1.165) is 24.8 Å². The highest BCUT2D eigenvalue weighted by Crippen LogP contribution is 2.51. The molecule has 1 N–H and O–H groups in total. The van der Waals surface area contributed by atoms with Crippen molar-refractivity contribution in [1.82, 2.24) is 5.32 Å². The second-order valence-electron chi connectivity index (χ2n) is 8.92. The van der Waals surface area contributed by atoms with Crippen LogP contribution in [0.3, 0.4) is 0 Å². The molecule has 0 radical (unpaired) electrons. The number of amides is 2. The van der Waals surface area contributed by atoms with E-state index >= 15 is 0 Å². The van der Waals surface area contributed by atoms with E-state index in [9.17, 15) is 14.0 Å². The minimum absolute atomic E-state index is 0.0770. The van der Waals surface area contributed by atoms with Crippen LogP contribution in [-0.4, -0.2) is 23.9 Å². The lowest BCUT2D eigenvalue weighted by molar-refractivity contribution is -0.124. The van der Waals surface area contributed by atoms with Gasteiger partial charge >= 0.3 is 0 Å². The summed E-state index contributed by atoms with van der Waals surface area (Å²) in [5.74, 6) is -0.932. The Balaban J connectivity index is 1.92. The largest absolute Gasteiger partial charge is 0.355 e. The summed E-state index contributed by atoms with van der Waals surface area (Å²) in [6.45, 7) is 4.68. The van der Waals surface area contributed by atoms with Gasteiger partial charge < -0.3 is 5.32 Å². The molecule has 4 rings (SSSR count). The Hall–Kier alpha value is -2.69. The molecule has 30 heavy (non-hydrogen) atoms. The van der Waals surface area contributed by atoms with Gasteiger partial charge in [0.15, 0.2) is 0 Å². The second-order valence-corrected chi connectivity index (χ2v) is 8.92. The first-order chi connectivity index (χ1) is 14.5. The van der Waals surface area contributed by atoms with E-state index in [1.54, 1.807) is 35.2 Å². The molecule has 2 amide bonds. The number of anilines is 1. The quantitative estimate of drug-likeness (QED) is 0.770. The Morgan fingerprint density at radius 1 is 1.10 bits per heavy atom. The third-order valence-corrected chi connectivity index (χ3v) is 6.45. The number of rotatable bonds is 4. The summed E-state index contributed by atoms with van der Waals surface area (Å²) in [7, 11) is 0. The number of halogens is 1. The predicted octanol–water partition coefficient (Wildman–Crippen LogP) is 5.04. The summed E-state index contributed by atoms with van der Waals surface area (Å²) in [6.07, 6.45) is 4.24. The van der Waals surface area contributed by atoms with Gasteiger partial charge in [0.25, 0.3) is 5.91 Å². The summed E-state index contributed by atoms with van der Waals surface area (Å²) in [5, 5.41) is 3.10. The molecule has 1 aliphatic carbocycles. The van der Waals surface area contributed by atoms with Gasteiger partial charge in [-0.05, 0) is 42.5 Å². The van der Waals surface area contributed by atoms with Gasteiger partial charge in [-0.15, -0.1) is 0 Å². The summed E-state index contributed by atoms with van der Waals surface area (Å²) in [5.41, 5.74) is 0.757. The molecule has 2 aromatic carbocycles. The van der Waals surface area contributed by atoms with Crippen LogP contribution in [-0.2, 0) is 4.79 Å². The van der Waals surface area contributed by atoms with Gasteiger partial charge in [0.05, 0.1) is 17.1 Å². The molecule has 0 unspecified atom stereocenters. The highest BCUT2D eigenvalue weighted by atomic mass is 19.1. The Labute approximate surface area is 177 Å². The van der Waals surface area contributed by atoms with Crippen LogP contribution in [0, 0.1) is 11.7 Å². The minimum Gasteiger partial charge on any atom is -0.355 e.